The second-order valence-corrected chi connectivity index (χ2v) is 5.56. The SMILES string of the molecule is CN(C)c1ccnc(N2CCN(CCn3nccn3)CC2)n1. The molecular formula is C14H22N8. The average Bonchev–Trinajstić information content (AvgIpc) is 3.07. The second kappa shape index (κ2) is 6.69. The predicted octanol–water partition coefficient (Wildman–Crippen LogP) is -0.0437. The lowest BCUT2D eigenvalue weighted by Crippen LogP contribution is -2.47. The molecule has 0 saturated carbocycles. The summed E-state index contributed by atoms with van der Waals surface area (Å²) in [5.74, 6) is 1.76. The molecular weight excluding hydrogens is 280 g/mol. The Morgan fingerprint density at radius 2 is 1.73 bits per heavy atom. The smallest absolute Gasteiger partial charge is 0.227 e. The number of piperazine rings is 1. The first-order valence-electron chi connectivity index (χ1n) is 7.54. The summed E-state index contributed by atoms with van der Waals surface area (Å²) in [5.41, 5.74) is 0. The van der Waals surface area contributed by atoms with Gasteiger partial charge in [0.05, 0.1) is 18.9 Å². The van der Waals surface area contributed by atoms with Gasteiger partial charge in [0, 0.05) is 53.0 Å². The first-order chi connectivity index (χ1) is 10.7. The molecule has 8 heteroatoms. The Morgan fingerprint density at radius 3 is 2.41 bits per heavy atom. The lowest BCUT2D eigenvalue weighted by atomic mass is 10.3. The number of hydrogen-bond donors (Lipinski definition) is 0. The summed E-state index contributed by atoms with van der Waals surface area (Å²) in [5, 5.41) is 8.27. The quantitative estimate of drug-likeness (QED) is 0.767. The highest BCUT2D eigenvalue weighted by molar-refractivity contribution is 5.42. The van der Waals surface area contributed by atoms with E-state index in [0.29, 0.717) is 0 Å². The Bertz CT molecular complexity index is 574. The fourth-order valence-electron chi connectivity index (χ4n) is 2.50. The molecule has 0 amide bonds. The maximum Gasteiger partial charge on any atom is 0.227 e. The van der Waals surface area contributed by atoms with Crippen LogP contribution in [0, 0.1) is 0 Å². The standard InChI is InChI=1S/C14H22N8/c1-19(2)13-3-4-15-14(18-13)21-10-7-20(8-11-21)9-12-22-16-5-6-17-22/h3-6H,7-12H2,1-2H3. The molecule has 0 atom stereocenters. The summed E-state index contributed by atoms with van der Waals surface area (Å²) in [6.45, 7) is 5.72. The molecule has 1 aliphatic heterocycles. The van der Waals surface area contributed by atoms with E-state index < -0.39 is 0 Å². The van der Waals surface area contributed by atoms with Gasteiger partial charge in [0.1, 0.15) is 5.82 Å². The molecule has 2 aromatic rings. The fraction of sp³-hybridized carbons (Fsp3) is 0.571. The highest BCUT2D eigenvalue weighted by Gasteiger charge is 2.19. The molecule has 3 rings (SSSR count). The third-order valence-corrected chi connectivity index (χ3v) is 3.82. The summed E-state index contributed by atoms with van der Waals surface area (Å²) in [4.78, 5) is 17.4. The molecule has 0 N–H and O–H groups in total. The Balaban J connectivity index is 1.52. The Morgan fingerprint density at radius 1 is 1.00 bits per heavy atom. The lowest BCUT2D eigenvalue weighted by Gasteiger charge is -2.34. The number of aromatic nitrogens is 5. The fourth-order valence-corrected chi connectivity index (χ4v) is 2.50. The maximum atomic E-state index is 4.61. The van der Waals surface area contributed by atoms with E-state index in [9.17, 15) is 0 Å². The van der Waals surface area contributed by atoms with E-state index in [-0.39, 0.29) is 0 Å². The number of rotatable bonds is 5. The molecule has 3 heterocycles. The average molecular weight is 302 g/mol. The molecule has 0 radical (unpaired) electrons. The van der Waals surface area contributed by atoms with Crippen LogP contribution in [-0.2, 0) is 6.54 Å². The van der Waals surface area contributed by atoms with Crippen LogP contribution in [0.15, 0.2) is 24.7 Å². The topological polar surface area (TPSA) is 66.2 Å². The summed E-state index contributed by atoms with van der Waals surface area (Å²) >= 11 is 0. The first-order valence-corrected chi connectivity index (χ1v) is 7.54. The van der Waals surface area contributed by atoms with Gasteiger partial charge in [-0.2, -0.15) is 20.0 Å². The van der Waals surface area contributed by atoms with Crippen molar-refractivity contribution in [1.29, 1.82) is 0 Å². The van der Waals surface area contributed by atoms with Gasteiger partial charge >= 0.3 is 0 Å². The molecule has 118 valence electrons. The van der Waals surface area contributed by atoms with Crippen LogP contribution in [0.5, 0.6) is 0 Å². The van der Waals surface area contributed by atoms with Gasteiger partial charge in [-0.25, -0.2) is 4.98 Å². The largest absolute Gasteiger partial charge is 0.363 e. The van der Waals surface area contributed by atoms with Crippen molar-refractivity contribution in [2.75, 3.05) is 56.6 Å². The Kier molecular flexibility index (Phi) is 4.47. The van der Waals surface area contributed by atoms with E-state index in [1.807, 2.05) is 31.3 Å². The van der Waals surface area contributed by atoms with E-state index in [2.05, 4.69) is 30.0 Å². The van der Waals surface area contributed by atoms with Crippen LogP contribution in [0.25, 0.3) is 0 Å². The summed E-state index contributed by atoms with van der Waals surface area (Å²) < 4.78 is 0. The molecule has 1 fully saturated rings. The van der Waals surface area contributed by atoms with Crippen molar-refractivity contribution in [1.82, 2.24) is 29.9 Å². The zero-order chi connectivity index (χ0) is 15.4. The zero-order valence-electron chi connectivity index (χ0n) is 13.1. The van der Waals surface area contributed by atoms with Crippen molar-refractivity contribution < 1.29 is 0 Å². The summed E-state index contributed by atoms with van der Waals surface area (Å²) in [6, 6.07) is 1.93. The highest BCUT2D eigenvalue weighted by Crippen LogP contribution is 2.14. The van der Waals surface area contributed by atoms with Gasteiger partial charge in [0.15, 0.2) is 0 Å². The van der Waals surface area contributed by atoms with Crippen LogP contribution >= 0.6 is 0 Å². The normalized spacial score (nSPS) is 16.0. The van der Waals surface area contributed by atoms with Gasteiger partial charge < -0.3 is 9.80 Å². The van der Waals surface area contributed by atoms with Gasteiger partial charge in [-0.1, -0.05) is 0 Å². The van der Waals surface area contributed by atoms with Gasteiger partial charge in [0.2, 0.25) is 5.95 Å². The minimum Gasteiger partial charge on any atom is -0.363 e. The molecule has 2 aromatic heterocycles. The summed E-state index contributed by atoms with van der Waals surface area (Å²) in [7, 11) is 3.99. The minimum atomic E-state index is 0.819. The van der Waals surface area contributed by atoms with Crippen molar-refractivity contribution in [2.24, 2.45) is 0 Å². The lowest BCUT2D eigenvalue weighted by molar-refractivity contribution is 0.238. The molecule has 0 spiro atoms. The van der Waals surface area contributed by atoms with Crippen molar-refractivity contribution >= 4 is 11.8 Å². The molecule has 8 nitrogen and oxygen atoms in total. The molecule has 22 heavy (non-hydrogen) atoms. The maximum absolute atomic E-state index is 4.61. The van der Waals surface area contributed by atoms with E-state index in [1.54, 1.807) is 17.2 Å². The van der Waals surface area contributed by atoms with Crippen molar-refractivity contribution in [2.45, 2.75) is 6.54 Å². The van der Waals surface area contributed by atoms with Crippen LogP contribution in [0.2, 0.25) is 0 Å². The third kappa shape index (κ3) is 3.51. The monoisotopic (exact) mass is 302 g/mol. The van der Waals surface area contributed by atoms with Gasteiger partial charge in [-0.15, -0.1) is 0 Å². The minimum absolute atomic E-state index is 0.819. The molecule has 0 unspecified atom stereocenters. The van der Waals surface area contributed by atoms with Crippen molar-refractivity contribution in [3.05, 3.63) is 24.7 Å². The van der Waals surface area contributed by atoms with E-state index in [1.165, 1.54) is 0 Å². The Hall–Kier alpha value is -2.22. The number of hydrogen-bond acceptors (Lipinski definition) is 7. The van der Waals surface area contributed by atoms with Gasteiger partial charge in [0.25, 0.3) is 0 Å². The van der Waals surface area contributed by atoms with E-state index in [4.69, 9.17) is 0 Å². The van der Waals surface area contributed by atoms with Crippen molar-refractivity contribution in [3.8, 4) is 0 Å². The van der Waals surface area contributed by atoms with E-state index in [0.717, 1.165) is 51.0 Å². The molecule has 1 aliphatic rings. The summed E-state index contributed by atoms with van der Waals surface area (Å²) in [6.07, 6.45) is 5.26. The third-order valence-electron chi connectivity index (χ3n) is 3.82. The zero-order valence-corrected chi connectivity index (χ0v) is 13.1. The Labute approximate surface area is 130 Å². The van der Waals surface area contributed by atoms with Crippen molar-refractivity contribution in [3.63, 3.8) is 0 Å². The van der Waals surface area contributed by atoms with Crippen LogP contribution < -0.4 is 9.80 Å². The highest BCUT2D eigenvalue weighted by atomic mass is 15.5. The molecule has 0 bridgehead atoms. The van der Waals surface area contributed by atoms with Crippen LogP contribution in [0.1, 0.15) is 0 Å². The van der Waals surface area contributed by atoms with Gasteiger partial charge in [-0.3, -0.25) is 4.90 Å². The van der Waals surface area contributed by atoms with E-state index >= 15 is 0 Å². The second-order valence-electron chi connectivity index (χ2n) is 5.56. The van der Waals surface area contributed by atoms with Crippen LogP contribution in [0.4, 0.5) is 11.8 Å². The van der Waals surface area contributed by atoms with Gasteiger partial charge in [-0.05, 0) is 6.07 Å². The number of nitrogens with zero attached hydrogens (tertiary/aromatic N) is 8. The van der Waals surface area contributed by atoms with Crippen LogP contribution in [-0.4, -0.2) is 76.7 Å². The first kappa shape index (κ1) is 14.7. The van der Waals surface area contributed by atoms with Crippen LogP contribution in [0.3, 0.4) is 0 Å². The number of anilines is 2. The molecule has 0 aliphatic carbocycles. The molecule has 0 aromatic carbocycles. The molecule has 1 saturated heterocycles. The predicted molar refractivity (Wildman–Crippen MR) is 85.0 cm³/mol.